The molecule has 0 aromatic heterocycles. The lowest BCUT2D eigenvalue weighted by Gasteiger charge is -2.23. The van der Waals surface area contributed by atoms with Crippen LogP contribution in [0.25, 0.3) is 0 Å². The molecule has 0 spiro atoms. The molecule has 154 valence electrons. The van der Waals surface area contributed by atoms with E-state index in [0.717, 1.165) is 4.31 Å². The lowest BCUT2D eigenvalue weighted by molar-refractivity contribution is 0.0757. The molecule has 1 N–H and O–H groups in total. The van der Waals surface area contributed by atoms with Gasteiger partial charge in [-0.3, -0.25) is 9.10 Å². The lowest BCUT2D eigenvalue weighted by atomic mass is 10.1. The minimum Gasteiger partial charge on any atom is -0.493 e. The van der Waals surface area contributed by atoms with Gasteiger partial charge in [0.25, 0.3) is 5.91 Å². The number of ether oxygens (including phenoxy) is 3. The standard InChI is InChI=1S/C18H30N2O6S/c1-7-27(22,23)20(4)15-12-17(25-6)16(24-5)11-14(15)18(21)19-9-8-10-26-13(2)3/h11-13H,7-10H2,1-6H3,(H,19,21). The fraction of sp³-hybridized carbons (Fsp3) is 0.611. The Kier molecular flexibility index (Phi) is 8.84. The summed E-state index contributed by atoms with van der Waals surface area (Å²) in [5.74, 6) is 0.198. The van der Waals surface area contributed by atoms with Crippen molar-refractivity contribution in [2.24, 2.45) is 0 Å². The Bertz CT molecular complexity index is 734. The average molecular weight is 403 g/mol. The molecule has 0 bridgehead atoms. The largest absolute Gasteiger partial charge is 0.493 e. The molecule has 0 radical (unpaired) electrons. The number of rotatable bonds is 11. The second kappa shape index (κ2) is 10.4. The zero-order valence-corrected chi connectivity index (χ0v) is 17.7. The Morgan fingerprint density at radius 1 is 1.19 bits per heavy atom. The topological polar surface area (TPSA) is 94.2 Å². The van der Waals surface area contributed by atoms with Gasteiger partial charge in [0.05, 0.1) is 37.3 Å². The third-order valence-electron chi connectivity index (χ3n) is 3.93. The van der Waals surface area contributed by atoms with Gasteiger partial charge in [0.1, 0.15) is 0 Å². The van der Waals surface area contributed by atoms with Crippen molar-refractivity contribution < 1.29 is 27.4 Å². The number of nitrogens with zero attached hydrogens (tertiary/aromatic N) is 1. The zero-order valence-electron chi connectivity index (χ0n) is 16.9. The fourth-order valence-corrected chi connectivity index (χ4v) is 3.18. The van der Waals surface area contributed by atoms with Gasteiger partial charge >= 0.3 is 0 Å². The van der Waals surface area contributed by atoms with Gasteiger partial charge in [-0.05, 0) is 33.3 Å². The molecule has 0 fully saturated rings. The summed E-state index contributed by atoms with van der Waals surface area (Å²) in [4.78, 5) is 12.7. The Labute approximate surface area is 161 Å². The van der Waals surface area contributed by atoms with E-state index in [0.29, 0.717) is 31.1 Å². The Morgan fingerprint density at radius 2 is 1.78 bits per heavy atom. The van der Waals surface area contributed by atoms with Crippen LogP contribution in [0.2, 0.25) is 0 Å². The number of nitrogens with one attached hydrogen (secondary N) is 1. The van der Waals surface area contributed by atoms with Crippen LogP contribution in [0.15, 0.2) is 12.1 Å². The van der Waals surface area contributed by atoms with Crippen LogP contribution in [-0.2, 0) is 14.8 Å². The van der Waals surface area contributed by atoms with Gasteiger partial charge in [-0.15, -0.1) is 0 Å². The number of anilines is 1. The molecule has 27 heavy (non-hydrogen) atoms. The van der Waals surface area contributed by atoms with Crippen molar-refractivity contribution in [3.8, 4) is 11.5 Å². The Morgan fingerprint density at radius 3 is 2.30 bits per heavy atom. The minimum atomic E-state index is -3.55. The quantitative estimate of drug-likeness (QED) is 0.569. The van der Waals surface area contributed by atoms with Crippen LogP contribution in [0, 0.1) is 0 Å². The summed E-state index contributed by atoms with van der Waals surface area (Å²) < 4.78 is 41.6. The summed E-state index contributed by atoms with van der Waals surface area (Å²) in [6, 6.07) is 2.97. The predicted molar refractivity (Wildman–Crippen MR) is 105 cm³/mol. The van der Waals surface area contributed by atoms with Gasteiger partial charge in [0.2, 0.25) is 10.0 Å². The molecule has 0 saturated carbocycles. The van der Waals surface area contributed by atoms with Crippen molar-refractivity contribution >= 4 is 21.6 Å². The number of carbonyl (C=O) groups is 1. The first-order chi connectivity index (χ1) is 12.7. The normalized spacial score (nSPS) is 11.4. The molecule has 0 saturated heterocycles. The molecular formula is C18H30N2O6S. The summed E-state index contributed by atoms with van der Waals surface area (Å²) in [6.45, 7) is 6.36. The molecule has 0 atom stereocenters. The molecule has 1 aromatic rings. The molecule has 0 heterocycles. The first-order valence-electron chi connectivity index (χ1n) is 8.80. The number of hydrogen-bond acceptors (Lipinski definition) is 6. The van der Waals surface area contributed by atoms with E-state index in [2.05, 4.69) is 5.32 Å². The van der Waals surface area contributed by atoms with E-state index >= 15 is 0 Å². The highest BCUT2D eigenvalue weighted by molar-refractivity contribution is 7.92. The van der Waals surface area contributed by atoms with Crippen molar-refractivity contribution in [2.45, 2.75) is 33.3 Å². The third kappa shape index (κ3) is 6.28. The molecule has 8 nitrogen and oxygen atoms in total. The number of benzene rings is 1. The van der Waals surface area contributed by atoms with Crippen molar-refractivity contribution in [1.29, 1.82) is 0 Å². The molecule has 1 amide bonds. The zero-order chi connectivity index (χ0) is 20.6. The summed E-state index contributed by atoms with van der Waals surface area (Å²) in [5.41, 5.74) is 0.419. The van der Waals surface area contributed by atoms with Gasteiger partial charge in [0, 0.05) is 26.3 Å². The van der Waals surface area contributed by atoms with Crippen molar-refractivity contribution in [2.75, 3.05) is 44.5 Å². The second-order valence-electron chi connectivity index (χ2n) is 6.12. The molecule has 1 rings (SSSR count). The molecule has 9 heteroatoms. The smallest absolute Gasteiger partial charge is 0.253 e. The fourth-order valence-electron chi connectivity index (χ4n) is 2.34. The van der Waals surface area contributed by atoms with Crippen molar-refractivity contribution in [3.63, 3.8) is 0 Å². The van der Waals surface area contributed by atoms with Crippen LogP contribution in [0.4, 0.5) is 5.69 Å². The summed E-state index contributed by atoms with van der Waals surface area (Å²) in [6.07, 6.45) is 0.779. The molecule has 0 aliphatic heterocycles. The van der Waals surface area contributed by atoms with Crippen LogP contribution in [0.1, 0.15) is 37.6 Å². The average Bonchev–Trinajstić information content (AvgIpc) is 2.65. The maximum atomic E-state index is 12.7. The summed E-state index contributed by atoms with van der Waals surface area (Å²) in [5, 5.41) is 2.79. The van der Waals surface area contributed by atoms with Crippen LogP contribution in [0.3, 0.4) is 0 Å². The van der Waals surface area contributed by atoms with E-state index in [1.165, 1.54) is 33.4 Å². The Balaban J connectivity index is 3.13. The van der Waals surface area contributed by atoms with Crippen LogP contribution >= 0.6 is 0 Å². The van der Waals surface area contributed by atoms with Gasteiger partial charge in [0.15, 0.2) is 11.5 Å². The van der Waals surface area contributed by atoms with Crippen LogP contribution in [-0.4, -0.2) is 60.6 Å². The second-order valence-corrected chi connectivity index (χ2v) is 8.41. The van der Waals surface area contributed by atoms with Gasteiger partial charge in [-0.25, -0.2) is 8.42 Å². The first kappa shape index (κ1) is 23.0. The number of carbonyl (C=O) groups excluding carboxylic acids is 1. The van der Waals surface area contributed by atoms with Gasteiger partial charge < -0.3 is 19.5 Å². The minimum absolute atomic E-state index is 0.0918. The predicted octanol–water partition coefficient (Wildman–Crippen LogP) is 2.03. The van der Waals surface area contributed by atoms with E-state index < -0.39 is 15.9 Å². The highest BCUT2D eigenvalue weighted by atomic mass is 32.2. The van der Waals surface area contributed by atoms with E-state index in [4.69, 9.17) is 14.2 Å². The number of sulfonamides is 1. The summed E-state index contributed by atoms with van der Waals surface area (Å²) in [7, 11) is 0.759. The van der Waals surface area contributed by atoms with Gasteiger partial charge in [-0.1, -0.05) is 0 Å². The Hall–Kier alpha value is -2.00. The highest BCUT2D eigenvalue weighted by Crippen LogP contribution is 2.35. The molecular weight excluding hydrogens is 372 g/mol. The van der Waals surface area contributed by atoms with E-state index in [-0.39, 0.29) is 23.1 Å². The molecule has 1 aromatic carbocycles. The molecule has 0 unspecified atom stereocenters. The van der Waals surface area contributed by atoms with Crippen LogP contribution in [0.5, 0.6) is 11.5 Å². The monoisotopic (exact) mass is 402 g/mol. The first-order valence-corrected chi connectivity index (χ1v) is 10.4. The number of methoxy groups -OCH3 is 2. The number of amides is 1. The SMILES string of the molecule is CCS(=O)(=O)N(C)c1cc(OC)c(OC)cc1C(=O)NCCCOC(C)C. The van der Waals surface area contributed by atoms with Gasteiger partial charge in [-0.2, -0.15) is 0 Å². The molecule has 0 aliphatic carbocycles. The van der Waals surface area contributed by atoms with E-state index in [1.807, 2.05) is 13.8 Å². The maximum absolute atomic E-state index is 12.7. The number of hydrogen-bond donors (Lipinski definition) is 1. The van der Waals surface area contributed by atoms with Crippen molar-refractivity contribution in [1.82, 2.24) is 5.32 Å². The van der Waals surface area contributed by atoms with E-state index in [1.54, 1.807) is 6.92 Å². The van der Waals surface area contributed by atoms with E-state index in [9.17, 15) is 13.2 Å². The lowest BCUT2D eigenvalue weighted by Crippen LogP contribution is -2.32. The van der Waals surface area contributed by atoms with Crippen LogP contribution < -0.4 is 19.1 Å². The maximum Gasteiger partial charge on any atom is 0.253 e. The highest BCUT2D eigenvalue weighted by Gasteiger charge is 2.24. The third-order valence-corrected chi connectivity index (χ3v) is 5.69. The molecule has 0 aliphatic rings. The summed E-state index contributed by atoms with van der Waals surface area (Å²) >= 11 is 0. The van der Waals surface area contributed by atoms with Crippen molar-refractivity contribution in [3.05, 3.63) is 17.7 Å².